The monoisotopic (exact) mass is 659 g/mol. The van der Waals surface area contributed by atoms with E-state index in [0.717, 1.165) is 54.7 Å². The summed E-state index contributed by atoms with van der Waals surface area (Å²) in [5.41, 5.74) is 6.58. The van der Waals surface area contributed by atoms with Crippen LogP contribution in [0.5, 0.6) is 0 Å². The van der Waals surface area contributed by atoms with Crippen molar-refractivity contribution in [3.8, 4) is 39.9 Å². The fourth-order valence-corrected chi connectivity index (χ4v) is 7.27. The summed E-state index contributed by atoms with van der Waals surface area (Å²) in [5, 5.41) is 5.55. The third-order valence-electron chi connectivity index (χ3n) is 9.55. The molecule has 0 radical (unpaired) electrons. The first-order chi connectivity index (χ1) is 27.3. The zero-order chi connectivity index (χ0) is 37.8. The molecule has 0 aliphatic carbocycles. The zero-order valence-electron chi connectivity index (χ0n) is 31.7. The minimum absolute atomic E-state index is 0.120. The van der Waals surface area contributed by atoms with Crippen LogP contribution in [0.4, 0.5) is 0 Å². The van der Waals surface area contributed by atoms with Crippen molar-refractivity contribution in [1.82, 2.24) is 19.5 Å². The predicted molar refractivity (Wildman–Crippen MR) is 205 cm³/mol. The molecule has 238 valence electrons. The number of nitrogens with zero attached hydrogens (tertiary/aromatic N) is 4. The summed E-state index contributed by atoms with van der Waals surface area (Å²) in [7, 11) is 0. The van der Waals surface area contributed by atoms with Crippen LogP contribution in [0.25, 0.3) is 106 Å². The van der Waals surface area contributed by atoms with Crippen molar-refractivity contribution >= 4 is 65.7 Å². The van der Waals surface area contributed by atoms with Gasteiger partial charge in [-0.1, -0.05) is 115 Å². The highest BCUT2D eigenvalue weighted by molar-refractivity contribution is 6.17. The lowest BCUT2D eigenvalue weighted by atomic mass is 9.99. The van der Waals surface area contributed by atoms with Crippen LogP contribution < -0.4 is 0 Å². The van der Waals surface area contributed by atoms with E-state index in [0.29, 0.717) is 45.3 Å². The molecule has 0 fully saturated rings. The molecule has 0 spiro atoms. The van der Waals surface area contributed by atoms with E-state index in [1.807, 2.05) is 84.9 Å². The van der Waals surface area contributed by atoms with Crippen molar-refractivity contribution in [3.05, 3.63) is 158 Å². The largest absolute Gasteiger partial charge is 0.456 e. The normalized spacial score (nSPS) is 13.3. The maximum atomic E-state index is 8.66. The molecule has 4 aromatic heterocycles. The fourth-order valence-electron chi connectivity index (χ4n) is 7.27. The molecule has 11 rings (SSSR count). The van der Waals surface area contributed by atoms with Crippen LogP contribution in [0, 0.1) is 0 Å². The number of fused-ring (bicyclic) bond motifs is 9. The lowest BCUT2D eigenvalue weighted by Gasteiger charge is -2.11. The molecule has 0 saturated heterocycles. The molecule has 0 amide bonds. The van der Waals surface area contributed by atoms with Crippen LogP contribution in [0.2, 0.25) is 0 Å². The second kappa shape index (κ2) is 10.7. The predicted octanol–water partition coefficient (Wildman–Crippen LogP) is 11.8. The summed E-state index contributed by atoms with van der Waals surface area (Å²) >= 11 is 0. The average Bonchev–Trinajstić information content (AvgIpc) is 3.90. The highest BCUT2D eigenvalue weighted by Crippen LogP contribution is 2.40. The molecule has 51 heavy (non-hydrogen) atoms. The summed E-state index contributed by atoms with van der Waals surface area (Å²) in [4.78, 5) is 15.2. The van der Waals surface area contributed by atoms with E-state index in [1.165, 1.54) is 0 Å². The van der Waals surface area contributed by atoms with Gasteiger partial charge in [-0.15, -0.1) is 0 Å². The molecule has 7 aromatic carbocycles. The lowest BCUT2D eigenvalue weighted by Crippen LogP contribution is -2.06. The maximum absolute atomic E-state index is 8.66. The van der Waals surface area contributed by atoms with Crippen molar-refractivity contribution in [2.24, 2.45) is 0 Å². The van der Waals surface area contributed by atoms with Gasteiger partial charge in [-0.2, -0.15) is 9.97 Å². The molecule has 0 aliphatic heterocycles. The zero-order valence-corrected chi connectivity index (χ0v) is 26.7. The average molecular weight is 660 g/mol. The van der Waals surface area contributed by atoms with Gasteiger partial charge in [0.15, 0.2) is 11.6 Å². The number of benzene rings is 7. The highest BCUT2D eigenvalue weighted by Gasteiger charge is 2.21. The molecule has 6 heteroatoms. The van der Waals surface area contributed by atoms with Gasteiger partial charge in [-0.05, 0) is 47.5 Å². The Kier molecular flexibility index (Phi) is 4.91. The smallest absolute Gasteiger partial charge is 0.238 e. The standard InChI is InChI=1S/C45H26N4O2/c1-3-12-27(13-4-1)30-18-11-21-39-42(30)33-23-22-29(24-40(33)51-39)44-46-43(28-14-5-2-6-15-28)47-45(48-44)49-36-19-9-7-16-31(36)34-25-35-32-17-8-10-20-38(32)50-41(35)26-37(34)49/h1-26H/i1D,3D,4D,12D,13D. The Morgan fingerprint density at radius 2 is 1.18 bits per heavy atom. The fraction of sp³-hybridized carbons (Fsp3) is 0. The molecule has 0 atom stereocenters. The van der Waals surface area contributed by atoms with Crippen LogP contribution in [0.15, 0.2) is 166 Å². The minimum atomic E-state index is -0.437. The van der Waals surface area contributed by atoms with Gasteiger partial charge in [0.25, 0.3) is 0 Å². The molecule has 4 heterocycles. The molecule has 6 nitrogen and oxygen atoms in total. The van der Waals surface area contributed by atoms with Crippen molar-refractivity contribution in [2.45, 2.75) is 0 Å². The van der Waals surface area contributed by atoms with Gasteiger partial charge in [0.05, 0.1) is 17.9 Å². The van der Waals surface area contributed by atoms with Gasteiger partial charge in [0, 0.05) is 49.5 Å². The number of rotatable bonds is 4. The second-order valence-electron chi connectivity index (χ2n) is 12.5. The van der Waals surface area contributed by atoms with Crippen LogP contribution in [0.3, 0.4) is 0 Å². The van der Waals surface area contributed by atoms with Gasteiger partial charge in [0.1, 0.15) is 22.3 Å². The Hall–Kier alpha value is -7.05. The molecule has 0 N–H and O–H groups in total. The van der Waals surface area contributed by atoms with E-state index in [2.05, 4.69) is 34.9 Å². The van der Waals surface area contributed by atoms with Crippen LogP contribution in [-0.2, 0) is 0 Å². The molecule has 0 unspecified atom stereocenters. The van der Waals surface area contributed by atoms with E-state index in [1.54, 1.807) is 12.1 Å². The van der Waals surface area contributed by atoms with Gasteiger partial charge in [-0.25, -0.2) is 4.98 Å². The first-order valence-electron chi connectivity index (χ1n) is 19.0. The van der Waals surface area contributed by atoms with Crippen molar-refractivity contribution in [2.75, 3.05) is 0 Å². The number of hydrogen-bond acceptors (Lipinski definition) is 5. The number of para-hydroxylation sites is 2. The number of furan rings is 2. The topological polar surface area (TPSA) is 69.9 Å². The third kappa shape index (κ3) is 4.26. The lowest BCUT2D eigenvalue weighted by molar-refractivity contribution is 0.668. The van der Waals surface area contributed by atoms with Gasteiger partial charge >= 0.3 is 0 Å². The van der Waals surface area contributed by atoms with Crippen molar-refractivity contribution in [1.29, 1.82) is 0 Å². The van der Waals surface area contributed by atoms with Gasteiger partial charge in [-0.3, -0.25) is 4.57 Å². The highest BCUT2D eigenvalue weighted by atomic mass is 16.3. The molecule has 11 aromatic rings. The molecule has 0 aliphatic rings. The van der Waals surface area contributed by atoms with E-state index in [-0.39, 0.29) is 17.6 Å². The SMILES string of the molecule is [2H]c1c([2H])c([2H])c(-c2cccc3oc4cc(-c5nc(-c6ccccc6)nc(-n6c7ccccc7c7cc8c(cc76)oc6ccccc68)n5)ccc4c23)c([2H])c1[2H]. The molecular formula is C45H26N4O2. The Labute approximate surface area is 297 Å². The first kappa shape index (κ1) is 23.3. The minimum Gasteiger partial charge on any atom is -0.456 e. The van der Waals surface area contributed by atoms with E-state index < -0.39 is 18.1 Å². The maximum Gasteiger partial charge on any atom is 0.238 e. The third-order valence-corrected chi connectivity index (χ3v) is 9.55. The number of hydrogen-bond donors (Lipinski definition) is 0. The Morgan fingerprint density at radius 3 is 2.06 bits per heavy atom. The molecular weight excluding hydrogens is 629 g/mol. The van der Waals surface area contributed by atoms with Crippen LogP contribution in [-0.4, -0.2) is 19.5 Å². The van der Waals surface area contributed by atoms with Crippen LogP contribution in [0.1, 0.15) is 6.85 Å². The summed E-state index contributed by atoms with van der Waals surface area (Å²) in [5.74, 6) is 1.36. The number of aromatic nitrogens is 4. The summed E-state index contributed by atoms with van der Waals surface area (Å²) in [6, 6.07) is 39.5. The summed E-state index contributed by atoms with van der Waals surface area (Å²) < 4.78 is 56.8. The molecule has 0 bridgehead atoms. The first-order valence-corrected chi connectivity index (χ1v) is 16.5. The van der Waals surface area contributed by atoms with E-state index in [9.17, 15) is 0 Å². The summed E-state index contributed by atoms with van der Waals surface area (Å²) in [6.45, 7) is 0. The summed E-state index contributed by atoms with van der Waals surface area (Å²) in [6.07, 6.45) is 0. The Bertz CT molecular complexity index is 3420. The van der Waals surface area contributed by atoms with Gasteiger partial charge in [0.2, 0.25) is 5.95 Å². The molecule has 0 saturated carbocycles. The second-order valence-corrected chi connectivity index (χ2v) is 12.5. The van der Waals surface area contributed by atoms with E-state index in [4.69, 9.17) is 30.6 Å². The van der Waals surface area contributed by atoms with Crippen molar-refractivity contribution < 1.29 is 15.7 Å². The van der Waals surface area contributed by atoms with Crippen molar-refractivity contribution in [3.63, 3.8) is 0 Å². The van der Waals surface area contributed by atoms with Crippen LogP contribution >= 0.6 is 0 Å². The van der Waals surface area contributed by atoms with Gasteiger partial charge < -0.3 is 8.83 Å². The Balaban J connectivity index is 1.14. The van der Waals surface area contributed by atoms with E-state index >= 15 is 0 Å². The Morgan fingerprint density at radius 1 is 0.451 bits per heavy atom. The quantitative estimate of drug-likeness (QED) is 0.188.